The van der Waals surface area contributed by atoms with E-state index in [0.717, 1.165) is 24.8 Å². The number of benzene rings is 1. The summed E-state index contributed by atoms with van der Waals surface area (Å²) in [4.78, 5) is 0. The Morgan fingerprint density at radius 1 is 1.40 bits per heavy atom. The first-order valence-electron chi connectivity index (χ1n) is 5.89. The van der Waals surface area contributed by atoms with Gasteiger partial charge < -0.3 is 0 Å². The minimum Gasteiger partial charge on any atom is -0.207 e. The highest BCUT2D eigenvalue weighted by Gasteiger charge is 2.41. The smallest absolute Gasteiger partial charge is 0.127 e. The Morgan fingerprint density at radius 3 is 2.73 bits per heavy atom. The zero-order valence-corrected chi connectivity index (χ0v) is 9.81. The van der Waals surface area contributed by atoms with E-state index in [-0.39, 0.29) is 11.2 Å². The first kappa shape index (κ1) is 10.7. The van der Waals surface area contributed by atoms with Gasteiger partial charge in [-0.3, -0.25) is 0 Å². The molecule has 0 spiro atoms. The van der Waals surface area contributed by atoms with E-state index >= 15 is 0 Å². The average molecular weight is 206 g/mol. The Balaban J connectivity index is 2.59. The van der Waals surface area contributed by atoms with E-state index < -0.39 is 0 Å². The predicted octanol–water partition coefficient (Wildman–Crippen LogP) is 4.08. The van der Waals surface area contributed by atoms with Gasteiger partial charge in [0.25, 0.3) is 0 Å². The molecule has 0 bridgehead atoms. The molecule has 1 aliphatic carbocycles. The lowest BCUT2D eigenvalue weighted by molar-refractivity contribution is 0.285. The number of hydrogen-bond acceptors (Lipinski definition) is 0. The second kappa shape index (κ2) is 3.62. The largest absolute Gasteiger partial charge is 0.207 e. The Hall–Kier alpha value is -0.850. The quantitative estimate of drug-likeness (QED) is 0.684. The summed E-state index contributed by atoms with van der Waals surface area (Å²) in [5.41, 5.74) is 2.31. The van der Waals surface area contributed by atoms with Crippen molar-refractivity contribution in [2.75, 3.05) is 0 Å². The molecule has 2 rings (SSSR count). The molecule has 0 fully saturated rings. The van der Waals surface area contributed by atoms with Crippen LogP contribution in [0, 0.1) is 11.7 Å². The van der Waals surface area contributed by atoms with Crippen molar-refractivity contribution in [1.82, 2.24) is 0 Å². The van der Waals surface area contributed by atoms with Crippen LogP contribution < -0.4 is 0 Å². The summed E-state index contributed by atoms with van der Waals surface area (Å²) >= 11 is 0. The molecule has 0 amide bonds. The Morgan fingerprint density at radius 2 is 2.13 bits per heavy atom. The molecule has 0 aromatic heterocycles. The average Bonchev–Trinajstić information content (AvgIpc) is 2.59. The molecule has 0 nitrogen and oxygen atoms in total. The molecule has 0 aliphatic heterocycles. The standard InChI is InChI=1S/C14H19F/c1-4-14(10(2)3)9-8-11-6-5-7-12(15)13(11)14/h5-7,10H,4,8-9H2,1-3H3. The van der Waals surface area contributed by atoms with Crippen LogP contribution in [0.3, 0.4) is 0 Å². The Kier molecular flexibility index (Phi) is 2.57. The van der Waals surface area contributed by atoms with Crippen molar-refractivity contribution < 1.29 is 4.39 Å². The summed E-state index contributed by atoms with van der Waals surface area (Å²) in [6, 6.07) is 5.52. The maximum atomic E-state index is 13.9. The first-order valence-corrected chi connectivity index (χ1v) is 5.89. The third-order valence-electron chi connectivity index (χ3n) is 4.17. The van der Waals surface area contributed by atoms with Crippen LogP contribution in [0.5, 0.6) is 0 Å². The fourth-order valence-corrected chi connectivity index (χ4v) is 3.16. The van der Waals surface area contributed by atoms with Crippen molar-refractivity contribution in [1.29, 1.82) is 0 Å². The van der Waals surface area contributed by atoms with Gasteiger partial charge in [0.2, 0.25) is 0 Å². The van der Waals surface area contributed by atoms with E-state index in [1.165, 1.54) is 5.56 Å². The van der Waals surface area contributed by atoms with Crippen LogP contribution >= 0.6 is 0 Å². The predicted molar refractivity (Wildman–Crippen MR) is 61.5 cm³/mol. The molecule has 1 unspecified atom stereocenters. The number of aryl methyl sites for hydroxylation is 1. The van der Waals surface area contributed by atoms with Gasteiger partial charge in [0.1, 0.15) is 5.82 Å². The normalized spacial score (nSPS) is 24.6. The molecule has 1 aliphatic rings. The number of hydrogen-bond donors (Lipinski definition) is 0. The van der Waals surface area contributed by atoms with Gasteiger partial charge in [-0.2, -0.15) is 0 Å². The van der Waals surface area contributed by atoms with E-state index in [9.17, 15) is 4.39 Å². The van der Waals surface area contributed by atoms with Crippen molar-refractivity contribution in [3.05, 3.63) is 35.1 Å². The van der Waals surface area contributed by atoms with Crippen LogP contribution in [0.4, 0.5) is 4.39 Å². The van der Waals surface area contributed by atoms with Gasteiger partial charge in [0.05, 0.1) is 0 Å². The topological polar surface area (TPSA) is 0 Å². The number of halogens is 1. The van der Waals surface area contributed by atoms with Gasteiger partial charge in [-0.25, -0.2) is 4.39 Å². The van der Waals surface area contributed by atoms with Gasteiger partial charge in [0.15, 0.2) is 0 Å². The first-order chi connectivity index (χ1) is 7.12. The van der Waals surface area contributed by atoms with Gasteiger partial charge in [-0.15, -0.1) is 0 Å². The van der Waals surface area contributed by atoms with Crippen LogP contribution in [0.15, 0.2) is 18.2 Å². The lowest BCUT2D eigenvalue weighted by Gasteiger charge is -2.34. The highest BCUT2D eigenvalue weighted by atomic mass is 19.1. The molecular weight excluding hydrogens is 187 g/mol. The van der Waals surface area contributed by atoms with Gasteiger partial charge >= 0.3 is 0 Å². The van der Waals surface area contributed by atoms with Crippen molar-refractivity contribution in [3.8, 4) is 0 Å². The molecule has 15 heavy (non-hydrogen) atoms. The maximum absolute atomic E-state index is 13.9. The van der Waals surface area contributed by atoms with E-state index in [1.807, 2.05) is 6.07 Å². The Bertz CT molecular complexity index is 368. The van der Waals surface area contributed by atoms with Crippen LogP contribution in [0.25, 0.3) is 0 Å². The van der Waals surface area contributed by atoms with Crippen LogP contribution in [0.2, 0.25) is 0 Å². The van der Waals surface area contributed by atoms with Gasteiger partial charge in [-0.1, -0.05) is 32.9 Å². The van der Waals surface area contributed by atoms with Crippen LogP contribution in [0.1, 0.15) is 44.7 Å². The summed E-state index contributed by atoms with van der Waals surface area (Å²) in [6.07, 6.45) is 3.19. The molecule has 1 aromatic carbocycles. The molecule has 0 heterocycles. The minimum absolute atomic E-state index is 0.000509. The highest BCUT2D eigenvalue weighted by molar-refractivity contribution is 5.40. The molecule has 0 radical (unpaired) electrons. The second-order valence-electron chi connectivity index (χ2n) is 4.94. The fourth-order valence-electron chi connectivity index (χ4n) is 3.16. The molecule has 1 heteroatoms. The second-order valence-corrected chi connectivity index (χ2v) is 4.94. The zero-order chi connectivity index (χ0) is 11.1. The molecule has 1 aromatic rings. The van der Waals surface area contributed by atoms with Crippen molar-refractivity contribution in [2.45, 2.75) is 45.4 Å². The van der Waals surface area contributed by atoms with Crippen LogP contribution in [-0.4, -0.2) is 0 Å². The van der Waals surface area contributed by atoms with Crippen molar-refractivity contribution in [2.24, 2.45) is 5.92 Å². The zero-order valence-electron chi connectivity index (χ0n) is 9.81. The lowest BCUT2D eigenvalue weighted by atomic mass is 9.70. The fraction of sp³-hybridized carbons (Fsp3) is 0.571. The van der Waals surface area contributed by atoms with E-state index in [2.05, 4.69) is 26.8 Å². The monoisotopic (exact) mass is 206 g/mol. The van der Waals surface area contributed by atoms with Crippen molar-refractivity contribution in [3.63, 3.8) is 0 Å². The molecule has 82 valence electrons. The maximum Gasteiger partial charge on any atom is 0.127 e. The highest BCUT2D eigenvalue weighted by Crippen LogP contribution is 2.47. The Labute approximate surface area is 91.5 Å². The summed E-state index contributed by atoms with van der Waals surface area (Å²) in [5, 5.41) is 0. The SMILES string of the molecule is CCC1(C(C)C)CCc2cccc(F)c21. The molecular formula is C14H19F. The molecule has 0 saturated carbocycles. The summed E-state index contributed by atoms with van der Waals surface area (Å²) in [5.74, 6) is 0.515. The van der Waals surface area contributed by atoms with E-state index in [4.69, 9.17) is 0 Å². The van der Waals surface area contributed by atoms with E-state index in [0.29, 0.717) is 5.92 Å². The third kappa shape index (κ3) is 1.40. The molecule has 1 atom stereocenters. The molecule has 0 saturated heterocycles. The van der Waals surface area contributed by atoms with Gasteiger partial charge in [0, 0.05) is 5.41 Å². The molecule has 0 N–H and O–H groups in total. The lowest BCUT2D eigenvalue weighted by Crippen LogP contribution is -2.29. The summed E-state index contributed by atoms with van der Waals surface area (Å²) < 4.78 is 13.9. The van der Waals surface area contributed by atoms with Gasteiger partial charge in [-0.05, 0) is 42.4 Å². The number of rotatable bonds is 2. The van der Waals surface area contributed by atoms with Crippen LogP contribution in [-0.2, 0) is 11.8 Å². The van der Waals surface area contributed by atoms with Crippen molar-refractivity contribution >= 4 is 0 Å². The summed E-state index contributed by atoms with van der Waals surface area (Å²) in [6.45, 7) is 6.61. The summed E-state index contributed by atoms with van der Waals surface area (Å²) in [7, 11) is 0. The number of fused-ring (bicyclic) bond motifs is 1. The van der Waals surface area contributed by atoms with E-state index in [1.54, 1.807) is 6.07 Å². The minimum atomic E-state index is 0.000509. The third-order valence-corrected chi connectivity index (χ3v) is 4.17.